The highest BCUT2D eigenvalue weighted by Crippen LogP contribution is 2.59. The number of para-hydroxylation sites is 3. The molecule has 2 heteroatoms. The second-order valence-electron chi connectivity index (χ2n) is 13.4. The molecule has 0 spiro atoms. The maximum atomic E-state index is 2.55. The van der Waals surface area contributed by atoms with E-state index in [4.69, 9.17) is 0 Å². The molecule has 0 saturated carbocycles. The molecule has 0 unspecified atom stereocenters. The van der Waals surface area contributed by atoms with E-state index in [1.807, 2.05) is 0 Å². The van der Waals surface area contributed by atoms with Gasteiger partial charge in [-0.15, -0.1) is 0 Å². The molecule has 0 aliphatic carbocycles. The lowest BCUT2D eigenvalue weighted by atomic mass is 9.68. The van der Waals surface area contributed by atoms with E-state index in [0.29, 0.717) is 0 Å². The summed E-state index contributed by atoms with van der Waals surface area (Å²) in [6, 6.07) is 49.3. The van der Waals surface area contributed by atoms with Gasteiger partial charge in [-0.05, 0) is 75.8 Å². The van der Waals surface area contributed by atoms with Crippen LogP contribution in [0, 0.1) is 0 Å². The average Bonchev–Trinajstić information content (AvgIpc) is 3.39. The molecule has 212 valence electrons. The van der Waals surface area contributed by atoms with Crippen molar-refractivity contribution in [2.75, 3.05) is 4.90 Å². The lowest BCUT2D eigenvalue weighted by Crippen LogP contribution is -2.33. The molecule has 0 atom stereocenters. The molecule has 0 radical (unpaired) electrons. The Labute approximate surface area is 258 Å². The lowest BCUT2D eigenvalue weighted by molar-refractivity contribution is 0.620. The quantitative estimate of drug-likeness (QED) is 0.202. The van der Waals surface area contributed by atoms with Crippen LogP contribution >= 0.6 is 0 Å². The molecule has 1 aromatic heterocycles. The minimum absolute atomic E-state index is 0.181. The third-order valence-corrected chi connectivity index (χ3v) is 10.3. The fourth-order valence-electron chi connectivity index (χ4n) is 8.21. The van der Waals surface area contributed by atoms with Gasteiger partial charge in [-0.1, -0.05) is 119 Å². The molecule has 9 rings (SSSR count). The predicted molar refractivity (Wildman–Crippen MR) is 185 cm³/mol. The van der Waals surface area contributed by atoms with Crippen LogP contribution < -0.4 is 4.90 Å². The minimum atomic E-state index is -0.224. The van der Waals surface area contributed by atoms with Gasteiger partial charge in [0.1, 0.15) is 0 Å². The van der Waals surface area contributed by atoms with E-state index < -0.39 is 0 Å². The van der Waals surface area contributed by atoms with Crippen molar-refractivity contribution in [3.8, 4) is 16.8 Å². The molecule has 3 heterocycles. The first-order chi connectivity index (χ1) is 21.4. The van der Waals surface area contributed by atoms with Gasteiger partial charge < -0.3 is 9.47 Å². The summed E-state index contributed by atoms with van der Waals surface area (Å²) in [5.74, 6) is 0. The van der Waals surface area contributed by atoms with Crippen LogP contribution in [0.4, 0.5) is 17.1 Å². The van der Waals surface area contributed by atoms with E-state index in [2.05, 4.69) is 171 Å². The van der Waals surface area contributed by atoms with Gasteiger partial charge in [-0.2, -0.15) is 0 Å². The monoisotopic (exact) mass is 566 g/mol. The number of hydrogen-bond donors (Lipinski definition) is 0. The third kappa shape index (κ3) is 3.20. The van der Waals surface area contributed by atoms with E-state index in [0.717, 1.165) is 0 Å². The minimum Gasteiger partial charge on any atom is -0.310 e. The molecule has 2 aliphatic heterocycles. The topological polar surface area (TPSA) is 8.17 Å². The van der Waals surface area contributed by atoms with E-state index in [9.17, 15) is 0 Å². The van der Waals surface area contributed by atoms with E-state index >= 15 is 0 Å². The third-order valence-electron chi connectivity index (χ3n) is 10.3. The molecule has 7 aromatic rings. The zero-order valence-electron chi connectivity index (χ0n) is 25.6. The SMILES string of the molecule is CC1(C)c2ccccc2N(c2ccccc2)c2cc3c4c(c21)c1cc(-c2ccccc2)ccc1n4-c1ccccc1C3(C)C. The Balaban J connectivity index is 1.52. The van der Waals surface area contributed by atoms with Gasteiger partial charge in [0.15, 0.2) is 0 Å². The molecule has 0 fully saturated rings. The first-order valence-corrected chi connectivity index (χ1v) is 15.6. The van der Waals surface area contributed by atoms with Crippen LogP contribution in [0.15, 0.2) is 133 Å². The van der Waals surface area contributed by atoms with Crippen LogP contribution in [0.1, 0.15) is 49.9 Å². The van der Waals surface area contributed by atoms with Crippen molar-refractivity contribution >= 4 is 38.9 Å². The summed E-state index contributed by atoms with van der Waals surface area (Å²) in [6.07, 6.45) is 0. The summed E-state index contributed by atoms with van der Waals surface area (Å²) < 4.78 is 2.55. The summed E-state index contributed by atoms with van der Waals surface area (Å²) in [6.45, 7) is 9.64. The number of nitrogens with zero attached hydrogens (tertiary/aromatic N) is 2. The summed E-state index contributed by atoms with van der Waals surface area (Å²) in [4.78, 5) is 2.51. The number of aromatic nitrogens is 1. The van der Waals surface area contributed by atoms with Crippen molar-refractivity contribution in [2.45, 2.75) is 38.5 Å². The molecule has 44 heavy (non-hydrogen) atoms. The summed E-state index contributed by atoms with van der Waals surface area (Å²) >= 11 is 0. The maximum absolute atomic E-state index is 2.55. The molecule has 0 bridgehead atoms. The highest BCUT2D eigenvalue weighted by molar-refractivity contribution is 6.17. The predicted octanol–water partition coefficient (Wildman–Crippen LogP) is 11.2. The molecule has 0 N–H and O–H groups in total. The Kier molecular flexibility index (Phi) is 5.05. The van der Waals surface area contributed by atoms with E-state index in [1.165, 1.54) is 77.9 Å². The van der Waals surface area contributed by atoms with Crippen LogP contribution in [0.25, 0.3) is 38.6 Å². The molecular formula is C42H34N2. The number of benzene rings is 6. The standard InChI is InChI=1S/C42H34N2/c1-41(2)31-19-11-14-22-36(31)44-34-24-23-28(27-15-7-5-8-16-27)25-30(34)38-39-37(26-33(41)40(38)44)43(29-17-9-6-10-18-29)35-21-13-12-20-32(35)42(39,3)4/h5-26H,1-4H3. The molecule has 0 saturated heterocycles. The zero-order valence-corrected chi connectivity index (χ0v) is 25.6. The van der Waals surface area contributed by atoms with Gasteiger partial charge in [0, 0.05) is 27.3 Å². The van der Waals surface area contributed by atoms with Crippen molar-refractivity contribution in [3.63, 3.8) is 0 Å². The van der Waals surface area contributed by atoms with Gasteiger partial charge in [-0.25, -0.2) is 0 Å². The zero-order chi connectivity index (χ0) is 29.8. The van der Waals surface area contributed by atoms with Crippen LogP contribution in [0.2, 0.25) is 0 Å². The number of fused-ring (bicyclic) bond motifs is 8. The van der Waals surface area contributed by atoms with E-state index in [-0.39, 0.29) is 10.8 Å². The molecule has 2 nitrogen and oxygen atoms in total. The molecule has 2 aliphatic rings. The Morgan fingerprint density at radius 2 is 1.09 bits per heavy atom. The van der Waals surface area contributed by atoms with Crippen molar-refractivity contribution in [2.24, 2.45) is 0 Å². The van der Waals surface area contributed by atoms with Crippen molar-refractivity contribution < 1.29 is 0 Å². The van der Waals surface area contributed by atoms with Gasteiger partial charge in [0.2, 0.25) is 0 Å². The molecule has 6 aromatic carbocycles. The van der Waals surface area contributed by atoms with Crippen LogP contribution in [0.3, 0.4) is 0 Å². The summed E-state index contributed by atoms with van der Waals surface area (Å²) in [5.41, 5.74) is 15.2. The smallest absolute Gasteiger partial charge is 0.0586 e. The van der Waals surface area contributed by atoms with Gasteiger partial charge >= 0.3 is 0 Å². The normalized spacial score (nSPS) is 15.6. The van der Waals surface area contributed by atoms with Gasteiger partial charge in [-0.3, -0.25) is 0 Å². The molecule has 0 amide bonds. The fraction of sp³-hybridized carbons (Fsp3) is 0.143. The Morgan fingerprint density at radius 1 is 0.477 bits per heavy atom. The second-order valence-corrected chi connectivity index (χ2v) is 13.4. The molecular weight excluding hydrogens is 532 g/mol. The highest BCUT2D eigenvalue weighted by atomic mass is 15.2. The summed E-state index contributed by atoms with van der Waals surface area (Å²) in [7, 11) is 0. The largest absolute Gasteiger partial charge is 0.310 e. The first kappa shape index (κ1) is 25.4. The van der Waals surface area contributed by atoms with Crippen molar-refractivity contribution in [1.29, 1.82) is 0 Å². The Bertz CT molecular complexity index is 2270. The maximum Gasteiger partial charge on any atom is 0.0586 e. The first-order valence-electron chi connectivity index (χ1n) is 15.6. The van der Waals surface area contributed by atoms with Crippen molar-refractivity contribution in [3.05, 3.63) is 156 Å². The van der Waals surface area contributed by atoms with Crippen LogP contribution in [-0.2, 0) is 10.8 Å². The average molecular weight is 567 g/mol. The fourth-order valence-corrected chi connectivity index (χ4v) is 8.21. The van der Waals surface area contributed by atoms with Gasteiger partial charge in [0.25, 0.3) is 0 Å². The Hall–Kier alpha value is -5.08. The summed E-state index contributed by atoms with van der Waals surface area (Å²) in [5, 5.41) is 2.68. The second kappa shape index (κ2) is 8.74. The van der Waals surface area contributed by atoms with Crippen molar-refractivity contribution in [1.82, 2.24) is 4.57 Å². The number of rotatable bonds is 2. The Morgan fingerprint density at radius 3 is 1.82 bits per heavy atom. The van der Waals surface area contributed by atoms with E-state index in [1.54, 1.807) is 0 Å². The highest BCUT2D eigenvalue weighted by Gasteiger charge is 2.43. The van der Waals surface area contributed by atoms with Crippen LogP contribution in [0.5, 0.6) is 0 Å². The van der Waals surface area contributed by atoms with Gasteiger partial charge in [0.05, 0.1) is 28.1 Å². The number of anilines is 3. The lowest BCUT2D eigenvalue weighted by Gasteiger charge is -2.44. The number of hydrogen-bond acceptors (Lipinski definition) is 1. The van der Waals surface area contributed by atoms with Crippen LogP contribution in [-0.4, -0.2) is 4.57 Å².